The Morgan fingerprint density at radius 2 is 1.74 bits per heavy atom. The summed E-state index contributed by atoms with van der Waals surface area (Å²) >= 11 is 0. The third-order valence-corrected chi connectivity index (χ3v) is 6.82. The summed E-state index contributed by atoms with van der Waals surface area (Å²) in [6, 6.07) is 12.9. The van der Waals surface area contributed by atoms with Crippen LogP contribution < -0.4 is 5.32 Å². The second-order valence-corrected chi connectivity index (χ2v) is 9.59. The van der Waals surface area contributed by atoms with Crippen LogP contribution in [0.15, 0.2) is 48.9 Å². The first kappa shape index (κ1) is 24.2. The predicted molar refractivity (Wildman–Crippen MR) is 142 cm³/mol. The van der Waals surface area contributed by atoms with Crippen molar-refractivity contribution in [1.29, 1.82) is 0 Å². The van der Waals surface area contributed by atoms with Gasteiger partial charge in [0, 0.05) is 24.2 Å². The SMILES string of the molecule is CC(=O)c1cnc2ccc(-c3ccc4nc[nH]c4c3)cc2c1NC1CCC(CN(C)C)CC1.Cl. The van der Waals surface area contributed by atoms with E-state index in [4.69, 9.17) is 0 Å². The molecule has 1 aliphatic rings. The molecular formula is C27H32ClN5O. The normalized spacial score (nSPS) is 18.2. The van der Waals surface area contributed by atoms with Crippen molar-refractivity contribution >= 4 is 45.8 Å². The molecule has 0 radical (unpaired) electrons. The molecule has 6 nitrogen and oxygen atoms in total. The van der Waals surface area contributed by atoms with Crippen LogP contribution in [0, 0.1) is 5.92 Å². The lowest BCUT2D eigenvalue weighted by molar-refractivity contribution is 0.101. The van der Waals surface area contributed by atoms with E-state index in [9.17, 15) is 4.79 Å². The quantitative estimate of drug-likeness (QED) is 0.336. The minimum absolute atomic E-state index is 0. The fraction of sp³-hybridized carbons (Fsp3) is 0.370. The number of halogens is 1. The Labute approximate surface area is 206 Å². The van der Waals surface area contributed by atoms with E-state index < -0.39 is 0 Å². The minimum Gasteiger partial charge on any atom is -0.381 e. The van der Waals surface area contributed by atoms with Gasteiger partial charge in [0.25, 0.3) is 0 Å². The van der Waals surface area contributed by atoms with Gasteiger partial charge in [0.2, 0.25) is 0 Å². The van der Waals surface area contributed by atoms with Gasteiger partial charge in [-0.05, 0) is 88.0 Å². The predicted octanol–water partition coefficient (Wildman–Crippen LogP) is 5.93. The lowest BCUT2D eigenvalue weighted by Crippen LogP contribution is -2.31. The Hall–Kier alpha value is -2.96. The summed E-state index contributed by atoms with van der Waals surface area (Å²) in [6.07, 6.45) is 8.10. The van der Waals surface area contributed by atoms with Crippen LogP contribution in [0.4, 0.5) is 5.69 Å². The number of aromatic nitrogens is 3. The van der Waals surface area contributed by atoms with Gasteiger partial charge < -0.3 is 15.2 Å². The number of fused-ring (bicyclic) bond motifs is 2. The molecule has 7 heteroatoms. The summed E-state index contributed by atoms with van der Waals surface area (Å²) in [5.74, 6) is 0.793. The van der Waals surface area contributed by atoms with Gasteiger partial charge in [-0.2, -0.15) is 0 Å². The average Bonchev–Trinajstić information content (AvgIpc) is 3.27. The number of hydrogen-bond acceptors (Lipinski definition) is 5. The van der Waals surface area contributed by atoms with Crippen LogP contribution in [0.1, 0.15) is 43.0 Å². The molecule has 0 amide bonds. The summed E-state index contributed by atoms with van der Waals surface area (Å²) in [4.78, 5) is 26.9. The van der Waals surface area contributed by atoms with Crippen LogP contribution in [0.5, 0.6) is 0 Å². The van der Waals surface area contributed by atoms with Crippen LogP contribution in [-0.4, -0.2) is 52.3 Å². The number of carbonyl (C=O) groups excluding carboxylic acids is 1. The molecule has 2 heterocycles. The molecule has 2 aromatic heterocycles. The maximum absolute atomic E-state index is 12.5. The summed E-state index contributed by atoms with van der Waals surface area (Å²) in [5.41, 5.74) is 6.65. The molecule has 5 rings (SSSR count). The lowest BCUT2D eigenvalue weighted by Gasteiger charge is -2.32. The molecule has 2 N–H and O–H groups in total. The highest BCUT2D eigenvalue weighted by atomic mass is 35.5. The zero-order valence-electron chi connectivity index (χ0n) is 20.0. The van der Waals surface area contributed by atoms with E-state index in [1.165, 1.54) is 12.8 Å². The highest BCUT2D eigenvalue weighted by Crippen LogP contribution is 2.34. The van der Waals surface area contributed by atoms with E-state index in [2.05, 4.69) is 63.5 Å². The first-order valence-electron chi connectivity index (χ1n) is 11.8. The molecule has 0 bridgehead atoms. The van der Waals surface area contributed by atoms with Crippen molar-refractivity contribution < 1.29 is 4.79 Å². The van der Waals surface area contributed by atoms with Gasteiger partial charge in [-0.3, -0.25) is 9.78 Å². The Bertz CT molecular complexity index is 1310. The van der Waals surface area contributed by atoms with Crippen molar-refractivity contribution in [3.05, 3.63) is 54.5 Å². The number of H-pyrrole nitrogens is 1. The molecule has 0 spiro atoms. The molecule has 1 saturated carbocycles. The topological polar surface area (TPSA) is 73.9 Å². The Morgan fingerprint density at radius 1 is 1.03 bits per heavy atom. The molecule has 0 aliphatic heterocycles. The molecule has 1 fully saturated rings. The van der Waals surface area contributed by atoms with Crippen molar-refractivity contribution in [2.45, 2.75) is 38.6 Å². The molecule has 4 aromatic rings. The fourth-order valence-corrected chi connectivity index (χ4v) is 5.12. The van der Waals surface area contributed by atoms with E-state index in [0.717, 1.165) is 64.1 Å². The number of carbonyl (C=O) groups is 1. The van der Waals surface area contributed by atoms with E-state index in [1.807, 2.05) is 12.1 Å². The molecular weight excluding hydrogens is 446 g/mol. The summed E-state index contributed by atoms with van der Waals surface area (Å²) in [5, 5.41) is 4.76. The average molecular weight is 478 g/mol. The molecule has 2 aromatic carbocycles. The smallest absolute Gasteiger partial charge is 0.163 e. The number of aromatic amines is 1. The van der Waals surface area contributed by atoms with Crippen molar-refractivity contribution in [2.24, 2.45) is 5.92 Å². The Kier molecular flexibility index (Phi) is 7.19. The van der Waals surface area contributed by atoms with Crippen LogP contribution in [0.25, 0.3) is 33.1 Å². The number of anilines is 1. The highest BCUT2D eigenvalue weighted by Gasteiger charge is 2.23. The van der Waals surface area contributed by atoms with Gasteiger partial charge in [-0.15, -0.1) is 12.4 Å². The largest absolute Gasteiger partial charge is 0.381 e. The second kappa shape index (κ2) is 10.1. The number of Topliss-reactive ketones (excluding diaryl/α,β-unsaturated/α-hetero) is 1. The van der Waals surface area contributed by atoms with Gasteiger partial charge in [0.1, 0.15) is 0 Å². The number of imidazole rings is 1. The number of benzene rings is 2. The van der Waals surface area contributed by atoms with E-state index in [1.54, 1.807) is 19.4 Å². The Balaban J connectivity index is 0.00000274. The molecule has 34 heavy (non-hydrogen) atoms. The maximum atomic E-state index is 12.5. The fourth-order valence-electron chi connectivity index (χ4n) is 5.12. The van der Waals surface area contributed by atoms with Crippen molar-refractivity contribution in [3.8, 4) is 11.1 Å². The van der Waals surface area contributed by atoms with Gasteiger partial charge >= 0.3 is 0 Å². The van der Waals surface area contributed by atoms with E-state index in [-0.39, 0.29) is 18.2 Å². The second-order valence-electron chi connectivity index (χ2n) is 9.59. The number of pyridine rings is 1. The monoisotopic (exact) mass is 477 g/mol. The summed E-state index contributed by atoms with van der Waals surface area (Å²) < 4.78 is 0. The first-order chi connectivity index (χ1) is 16.0. The molecule has 0 saturated heterocycles. The zero-order chi connectivity index (χ0) is 22.9. The van der Waals surface area contributed by atoms with E-state index >= 15 is 0 Å². The van der Waals surface area contributed by atoms with Crippen LogP contribution >= 0.6 is 12.4 Å². The summed E-state index contributed by atoms with van der Waals surface area (Å²) in [7, 11) is 4.29. The standard InChI is InChI=1S/C27H31N5O.ClH/c1-17(33)23-14-28-24-10-6-19(20-7-11-25-26(13-20)30-16-29-25)12-22(24)27(23)31-21-8-4-18(5-9-21)15-32(2)3;/h6-7,10-14,16,18,21H,4-5,8-9,15H2,1-3H3,(H,28,31)(H,29,30);1H. The highest BCUT2D eigenvalue weighted by molar-refractivity contribution is 6.08. The number of hydrogen-bond donors (Lipinski definition) is 2. The molecule has 1 aliphatic carbocycles. The molecule has 0 unspecified atom stereocenters. The minimum atomic E-state index is 0. The summed E-state index contributed by atoms with van der Waals surface area (Å²) in [6.45, 7) is 2.77. The zero-order valence-corrected chi connectivity index (χ0v) is 20.8. The van der Waals surface area contributed by atoms with Crippen molar-refractivity contribution in [3.63, 3.8) is 0 Å². The first-order valence-corrected chi connectivity index (χ1v) is 11.8. The maximum Gasteiger partial charge on any atom is 0.163 e. The number of ketones is 1. The number of nitrogens with zero attached hydrogens (tertiary/aromatic N) is 3. The van der Waals surface area contributed by atoms with Gasteiger partial charge in [-0.1, -0.05) is 12.1 Å². The third kappa shape index (κ3) is 4.93. The van der Waals surface area contributed by atoms with Crippen LogP contribution in [0.2, 0.25) is 0 Å². The molecule has 0 atom stereocenters. The molecule has 178 valence electrons. The van der Waals surface area contributed by atoms with Crippen molar-refractivity contribution in [2.75, 3.05) is 26.0 Å². The third-order valence-electron chi connectivity index (χ3n) is 6.82. The lowest BCUT2D eigenvalue weighted by atomic mass is 9.85. The van der Waals surface area contributed by atoms with Gasteiger partial charge in [0.15, 0.2) is 5.78 Å². The van der Waals surface area contributed by atoms with E-state index in [0.29, 0.717) is 11.6 Å². The van der Waals surface area contributed by atoms with Crippen LogP contribution in [0.3, 0.4) is 0 Å². The van der Waals surface area contributed by atoms with Gasteiger partial charge in [-0.25, -0.2) is 4.98 Å². The Morgan fingerprint density at radius 3 is 2.44 bits per heavy atom. The number of nitrogens with one attached hydrogen (secondary N) is 2. The number of rotatable bonds is 6. The van der Waals surface area contributed by atoms with Crippen molar-refractivity contribution in [1.82, 2.24) is 19.9 Å². The van der Waals surface area contributed by atoms with Gasteiger partial charge in [0.05, 0.1) is 34.1 Å². The van der Waals surface area contributed by atoms with Crippen LogP contribution in [-0.2, 0) is 0 Å².